The van der Waals surface area contributed by atoms with Crippen molar-refractivity contribution in [3.63, 3.8) is 0 Å². The number of nitrogens with one attached hydrogen (secondary N) is 1. The van der Waals surface area contributed by atoms with E-state index in [1.807, 2.05) is 24.4 Å². The minimum Gasteiger partial charge on any atom is -0.493 e. The Morgan fingerprint density at radius 1 is 1.20 bits per heavy atom. The standard InChI is InChI=1S/C15H20N2O2S/c1-10(2)8-16-15-17-9-14(20-15)11-5-6-12(18-3)13(7-11)19-4/h5-7,9-10H,8H2,1-4H3,(H,16,17). The van der Waals surface area contributed by atoms with Crippen LogP contribution < -0.4 is 14.8 Å². The molecule has 0 aliphatic rings. The second-order valence-electron chi connectivity index (χ2n) is 4.87. The number of thiazole rings is 1. The first-order valence-electron chi connectivity index (χ1n) is 6.56. The molecule has 0 radical (unpaired) electrons. The van der Waals surface area contributed by atoms with Crippen LogP contribution in [0.5, 0.6) is 11.5 Å². The zero-order valence-electron chi connectivity index (χ0n) is 12.3. The van der Waals surface area contributed by atoms with Crippen molar-refractivity contribution < 1.29 is 9.47 Å². The summed E-state index contributed by atoms with van der Waals surface area (Å²) in [6.07, 6.45) is 1.88. The van der Waals surface area contributed by atoms with E-state index in [0.717, 1.165) is 33.6 Å². The minimum atomic E-state index is 0.600. The average molecular weight is 292 g/mol. The Bertz CT molecular complexity index is 567. The van der Waals surface area contributed by atoms with Gasteiger partial charge in [-0.25, -0.2) is 4.98 Å². The lowest BCUT2D eigenvalue weighted by Gasteiger charge is -2.08. The summed E-state index contributed by atoms with van der Waals surface area (Å²) < 4.78 is 10.6. The zero-order valence-corrected chi connectivity index (χ0v) is 13.1. The average Bonchev–Trinajstić information content (AvgIpc) is 2.93. The van der Waals surface area contributed by atoms with Crippen LogP contribution in [0.25, 0.3) is 10.4 Å². The van der Waals surface area contributed by atoms with Gasteiger partial charge in [0.05, 0.1) is 19.1 Å². The van der Waals surface area contributed by atoms with Crippen molar-refractivity contribution in [2.24, 2.45) is 5.92 Å². The van der Waals surface area contributed by atoms with Crippen LogP contribution in [0.15, 0.2) is 24.4 Å². The van der Waals surface area contributed by atoms with Crippen molar-refractivity contribution in [3.8, 4) is 21.9 Å². The summed E-state index contributed by atoms with van der Waals surface area (Å²) in [4.78, 5) is 5.51. The van der Waals surface area contributed by atoms with E-state index in [1.54, 1.807) is 25.6 Å². The van der Waals surface area contributed by atoms with Crippen LogP contribution in [0.1, 0.15) is 13.8 Å². The van der Waals surface area contributed by atoms with Gasteiger partial charge in [0.25, 0.3) is 0 Å². The molecule has 108 valence electrons. The maximum Gasteiger partial charge on any atom is 0.183 e. The van der Waals surface area contributed by atoms with Crippen LogP contribution in [-0.4, -0.2) is 25.7 Å². The summed E-state index contributed by atoms with van der Waals surface area (Å²) in [7, 11) is 3.28. The number of methoxy groups -OCH3 is 2. The second kappa shape index (κ2) is 6.61. The van der Waals surface area contributed by atoms with Crippen molar-refractivity contribution in [1.29, 1.82) is 0 Å². The van der Waals surface area contributed by atoms with Gasteiger partial charge in [0.2, 0.25) is 0 Å². The van der Waals surface area contributed by atoms with E-state index in [2.05, 4.69) is 24.1 Å². The number of aromatic nitrogens is 1. The number of hydrogen-bond donors (Lipinski definition) is 1. The Labute approximate surface area is 123 Å². The summed E-state index contributed by atoms with van der Waals surface area (Å²) in [5.74, 6) is 2.07. The third-order valence-electron chi connectivity index (χ3n) is 2.84. The minimum absolute atomic E-state index is 0.600. The molecule has 0 unspecified atom stereocenters. The van der Waals surface area contributed by atoms with E-state index < -0.39 is 0 Å². The van der Waals surface area contributed by atoms with Crippen molar-refractivity contribution in [2.45, 2.75) is 13.8 Å². The van der Waals surface area contributed by atoms with Gasteiger partial charge in [-0.05, 0) is 29.7 Å². The van der Waals surface area contributed by atoms with E-state index in [0.29, 0.717) is 5.92 Å². The van der Waals surface area contributed by atoms with Crippen molar-refractivity contribution >= 4 is 16.5 Å². The fourth-order valence-corrected chi connectivity index (χ4v) is 2.59. The molecule has 0 bridgehead atoms. The highest BCUT2D eigenvalue weighted by molar-refractivity contribution is 7.18. The van der Waals surface area contributed by atoms with Crippen LogP contribution in [0.3, 0.4) is 0 Å². The van der Waals surface area contributed by atoms with E-state index in [-0.39, 0.29) is 0 Å². The number of rotatable bonds is 6. The topological polar surface area (TPSA) is 43.4 Å². The first-order valence-corrected chi connectivity index (χ1v) is 7.37. The predicted molar refractivity (Wildman–Crippen MR) is 84.0 cm³/mol. The van der Waals surface area contributed by atoms with Gasteiger partial charge in [-0.3, -0.25) is 0 Å². The fraction of sp³-hybridized carbons (Fsp3) is 0.400. The van der Waals surface area contributed by atoms with Gasteiger partial charge in [-0.2, -0.15) is 0 Å². The SMILES string of the molecule is COc1ccc(-c2cnc(NCC(C)C)s2)cc1OC. The molecule has 2 aromatic rings. The molecule has 2 rings (SSSR count). The lowest BCUT2D eigenvalue weighted by molar-refractivity contribution is 0.355. The Morgan fingerprint density at radius 3 is 2.60 bits per heavy atom. The molecule has 0 fully saturated rings. The second-order valence-corrected chi connectivity index (χ2v) is 5.90. The number of benzene rings is 1. The highest BCUT2D eigenvalue weighted by Crippen LogP contribution is 2.35. The maximum atomic E-state index is 5.33. The molecule has 0 atom stereocenters. The van der Waals surface area contributed by atoms with Crippen LogP contribution >= 0.6 is 11.3 Å². The van der Waals surface area contributed by atoms with Gasteiger partial charge >= 0.3 is 0 Å². The molecule has 0 aliphatic heterocycles. The van der Waals surface area contributed by atoms with E-state index >= 15 is 0 Å². The summed E-state index contributed by atoms with van der Waals surface area (Å²) in [5.41, 5.74) is 1.08. The van der Waals surface area contributed by atoms with Crippen molar-refractivity contribution in [2.75, 3.05) is 26.1 Å². The van der Waals surface area contributed by atoms with Gasteiger partial charge in [0.1, 0.15) is 0 Å². The third kappa shape index (κ3) is 3.42. The largest absolute Gasteiger partial charge is 0.493 e. The highest BCUT2D eigenvalue weighted by Gasteiger charge is 2.09. The molecule has 20 heavy (non-hydrogen) atoms. The normalized spacial score (nSPS) is 10.7. The summed E-state index contributed by atoms with van der Waals surface area (Å²) in [6, 6.07) is 5.90. The van der Waals surface area contributed by atoms with Crippen LogP contribution in [0.4, 0.5) is 5.13 Å². The van der Waals surface area contributed by atoms with Gasteiger partial charge in [0.15, 0.2) is 16.6 Å². The summed E-state index contributed by atoms with van der Waals surface area (Å²) in [6.45, 7) is 5.28. The highest BCUT2D eigenvalue weighted by atomic mass is 32.1. The van der Waals surface area contributed by atoms with E-state index in [1.165, 1.54) is 0 Å². The Hall–Kier alpha value is -1.75. The van der Waals surface area contributed by atoms with Gasteiger partial charge in [-0.1, -0.05) is 25.2 Å². The molecule has 0 amide bonds. The molecule has 4 nitrogen and oxygen atoms in total. The third-order valence-corrected chi connectivity index (χ3v) is 3.84. The number of ether oxygens (including phenoxy) is 2. The fourth-order valence-electron chi connectivity index (χ4n) is 1.77. The van der Waals surface area contributed by atoms with Gasteiger partial charge < -0.3 is 14.8 Å². The molecule has 0 spiro atoms. The molecule has 0 aliphatic carbocycles. The van der Waals surface area contributed by atoms with E-state index in [4.69, 9.17) is 9.47 Å². The monoisotopic (exact) mass is 292 g/mol. The summed E-state index contributed by atoms with van der Waals surface area (Å²) in [5, 5.41) is 4.28. The Balaban J connectivity index is 2.19. The lowest BCUT2D eigenvalue weighted by Crippen LogP contribution is -2.07. The van der Waals surface area contributed by atoms with Gasteiger partial charge in [0, 0.05) is 12.7 Å². The molecule has 1 heterocycles. The molecular weight excluding hydrogens is 272 g/mol. The smallest absolute Gasteiger partial charge is 0.183 e. The Morgan fingerprint density at radius 2 is 1.95 bits per heavy atom. The lowest BCUT2D eigenvalue weighted by atomic mass is 10.2. The number of hydrogen-bond acceptors (Lipinski definition) is 5. The molecule has 5 heteroatoms. The van der Waals surface area contributed by atoms with Crippen molar-refractivity contribution in [1.82, 2.24) is 4.98 Å². The molecule has 1 aromatic heterocycles. The van der Waals surface area contributed by atoms with Crippen LogP contribution in [-0.2, 0) is 0 Å². The number of anilines is 1. The Kier molecular flexibility index (Phi) is 4.84. The predicted octanol–water partition coefficient (Wildman–Crippen LogP) is 3.90. The molecule has 1 N–H and O–H groups in total. The van der Waals surface area contributed by atoms with Crippen molar-refractivity contribution in [3.05, 3.63) is 24.4 Å². The zero-order chi connectivity index (χ0) is 14.5. The van der Waals surface area contributed by atoms with Gasteiger partial charge in [-0.15, -0.1) is 0 Å². The quantitative estimate of drug-likeness (QED) is 0.877. The van der Waals surface area contributed by atoms with Crippen LogP contribution in [0.2, 0.25) is 0 Å². The first-order chi connectivity index (χ1) is 9.63. The molecule has 0 saturated heterocycles. The maximum absolute atomic E-state index is 5.33. The summed E-state index contributed by atoms with van der Waals surface area (Å²) >= 11 is 1.64. The molecule has 1 aromatic carbocycles. The first kappa shape index (κ1) is 14.7. The van der Waals surface area contributed by atoms with Crippen LogP contribution in [0, 0.1) is 5.92 Å². The molecule has 0 saturated carbocycles. The van der Waals surface area contributed by atoms with E-state index in [9.17, 15) is 0 Å². The molecular formula is C15H20N2O2S. The number of nitrogens with zero attached hydrogens (tertiary/aromatic N) is 1.